The highest BCUT2D eigenvalue weighted by molar-refractivity contribution is 6.08. The number of pyridine rings is 2. The van der Waals surface area contributed by atoms with Crippen molar-refractivity contribution in [3.05, 3.63) is 90.3 Å². The van der Waals surface area contributed by atoms with Crippen molar-refractivity contribution in [1.82, 2.24) is 9.97 Å². The van der Waals surface area contributed by atoms with Crippen LogP contribution in [0.1, 0.15) is 10.4 Å². The molecule has 5 nitrogen and oxygen atoms in total. The molecule has 0 saturated heterocycles. The van der Waals surface area contributed by atoms with Crippen LogP contribution in [0.25, 0.3) is 10.9 Å². The van der Waals surface area contributed by atoms with E-state index in [1.165, 1.54) is 18.3 Å². The van der Waals surface area contributed by atoms with E-state index in [4.69, 9.17) is 0 Å². The molecule has 0 aliphatic carbocycles. The summed E-state index contributed by atoms with van der Waals surface area (Å²) in [6.07, 6.45) is 3.12. The Bertz CT molecular complexity index is 1170. The highest BCUT2D eigenvalue weighted by Crippen LogP contribution is 2.22. The molecule has 0 radical (unpaired) electrons. The van der Waals surface area contributed by atoms with Crippen LogP contribution in [0.5, 0.6) is 0 Å². The van der Waals surface area contributed by atoms with Crippen molar-refractivity contribution >= 4 is 34.0 Å². The maximum Gasteiger partial charge on any atom is 0.255 e. The Morgan fingerprint density at radius 3 is 2.57 bits per heavy atom. The quantitative estimate of drug-likeness (QED) is 0.531. The van der Waals surface area contributed by atoms with Gasteiger partial charge in [0, 0.05) is 35.1 Å². The van der Waals surface area contributed by atoms with Gasteiger partial charge in [0.25, 0.3) is 5.91 Å². The number of amides is 1. The monoisotopic (exact) mass is 376 g/mol. The molecule has 2 aromatic heterocycles. The fourth-order valence-corrected chi connectivity index (χ4v) is 2.76. The molecule has 2 aromatic carbocycles. The number of benzene rings is 2. The molecule has 28 heavy (non-hydrogen) atoms. The summed E-state index contributed by atoms with van der Waals surface area (Å²) in [4.78, 5) is 21.1. The highest BCUT2D eigenvalue weighted by Gasteiger charge is 2.11. The highest BCUT2D eigenvalue weighted by atomic mass is 19.2. The number of rotatable bonds is 4. The molecule has 0 unspecified atom stereocenters. The van der Waals surface area contributed by atoms with Gasteiger partial charge < -0.3 is 10.6 Å². The Hall–Kier alpha value is -3.87. The lowest BCUT2D eigenvalue weighted by Gasteiger charge is -2.10. The Morgan fingerprint density at radius 2 is 1.71 bits per heavy atom. The zero-order valence-corrected chi connectivity index (χ0v) is 14.5. The molecule has 0 bridgehead atoms. The number of carbonyl (C=O) groups excluding carboxylic acids is 1. The van der Waals surface area contributed by atoms with E-state index in [1.54, 1.807) is 18.3 Å². The minimum atomic E-state index is -0.970. The first kappa shape index (κ1) is 17.5. The molecule has 2 N–H and O–H groups in total. The number of hydrogen-bond acceptors (Lipinski definition) is 4. The second kappa shape index (κ2) is 7.40. The van der Waals surface area contributed by atoms with Gasteiger partial charge in [0.15, 0.2) is 11.6 Å². The largest absolute Gasteiger partial charge is 0.340 e. The van der Waals surface area contributed by atoms with Gasteiger partial charge in [0.2, 0.25) is 0 Å². The van der Waals surface area contributed by atoms with Crippen LogP contribution < -0.4 is 10.6 Å². The molecule has 4 rings (SSSR count). The van der Waals surface area contributed by atoms with Crippen molar-refractivity contribution in [3.8, 4) is 0 Å². The third-order valence-electron chi connectivity index (χ3n) is 4.10. The lowest BCUT2D eigenvalue weighted by molar-refractivity contribution is 0.102. The predicted molar refractivity (Wildman–Crippen MR) is 104 cm³/mol. The molecular formula is C21H14F2N4O. The van der Waals surface area contributed by atoms with E-state index in [0.29, 0.717) is 28.3 Å². The Labute approximate surface area is 159 Å². The zero-order valence-electron chi connectivity index (χ0n) is 14.5. The maximum absolute atomic E-state index is 13.4. The molecule has 2 heterocycles. The number of nitrogens with one attached hydrogen (secondary N) is 2. The van der Waals surface area contributed by atoms with Crippen LogP contribution in [0, 0.1) is 11.6 Å². The van der Waals surface area contributed by atoms with Gasteiger partial charge in [-0.3, -0.25) is 9.78 Å². The van der Waals surface area contributed by atoms with Crippen molar-refractivity contribution in [2.24, 2.45) is 0 Å². The second-order valence-corrected chi connectivity index (χ2v) is 6.02. The molecule has 0 fully saturated rings. The van der Waals surface area contributed by atoms with E-state index in [2.05, 4.69) is 20.6 Å². The van der Waals surface area contributed by atoms with Gasteiger partial charge in [0.1, 0.15) is 5.82 Å². The first-order chi connectivity index (χ1) is 13.6. The van der Waals surface area contributed by atoms with E-state index in [9.17, 15) is 13.6 Å². The molecule has 0 spiro atoms. The molecule has 0 aliphatic heterocycles. The number of anilines is 3. The molecule has 0 aliphatic rings. The summed E-state index contributed by atoms with van der Waals surface area (Å²) in [5.74, 6) is -1.92. The molecule has 1 amide bonds. The first-order valence-electron chi connectivity index (χ1n) is 8.43. The lowest BCUT2D eigenvalue weighted by Crippen LogP contribution is -2.13. The standard InChI is InChI=1S/C21H14F2N4O/c22-16-7-6-15(12-17(16)23)26-19-11-14(8-10-24-19)21(28)27-18-5-1-3-13-4-2-9-25-20(13)18/h1-12H,(H,24,26)(H,27,28). The topological polar surface area (TPSA) is 66.9 Å². The van der Waals surface area contributed by atoms with Gasteiger partial charge in [-0.15, -0.1) is 0 Å². The number of hydrogen-bond donors (Lipinski definition) is 2. The van der Waals surface area contributed by atoms with Crippen LogP contribution in [0.15, 0.2) is 73.1 Å². The zero-order chi connectivity index (χ0) is 19.5. The van der Waals surface area contributed by atoms with Crippen molar-refractivity contribution < 1.29 is 13.6 Å². The summed E-state index contributed by atoms with van der Waals surface area (Å²) in [5.41, 5.74) is 1.96. The van der Waals surface area contributed by atoms with Crippen molar-refractivity contribution in [3.63, 3.8) is 0 Å². The molecular weight excluding hydrogens is 362 g/mol. The van der Waals surface area contributed by atoms with Crippen LogP contribution >= 0.6 is 0 Å². The number of para-hydroxylation sites is 1. The molecule has 138 valence electrons. The van der Waals surface area contributed by atoms with Gasteiger partial charge in [-0.1, -0.05) is 18.2 Å². The van der Waals surface area contributed by atoms with Crippen LogP contribution in [0.3, 0.4) is 0 Å². The van der Waals surface area contributed by atoms with Crippen molar-refractivity contribution in [2.75, 3.05) is 10.6 Å². The van der Waals surface area contributed by atoms with E-state index in [0.717, 1.165) is 17.5 Å². The van der Waals surface area contributed by atoms with Crippen molar-refractivity contribution in [1.29, 1.82) is 0 Å². The van der Waals surface area contributed by atoms with Crippen molar-refractivity contribution in [2.45, 2.75) is 0 Å². The molecule has 0 saturated carbocycles. The third-order valence-corrected chi connectivity index (χ3v) is 4.10. The predicted octanol–water partition coefficient (Wildman–Crippen LogP) is 4.90. The van der Waals surface area contributed by atoms with Crippen LogP contribution in [0.2, 0.25) is 0 Å². The van der Waals surface area contributed by atoms with E-state index >= 15 is 0 Å². The summed E-state index contributed by atoms with van der Waals surface area (Å²) >= 11 is 0. The van der Waals surface area contributed by atoms with E-state index in [1.807, 2.05) is 24.3 Å². The second-order valence-electron chi connectivity index (χ2n) is 6.02. The summed E-state index contributed by atoms with van der Waals surface area (Å²) in [5, 5.41) is 6.61. The number of fused-ring (bicyclic) bond motifs is 1. The molecule has 7 heteroatoms. The number of halogens is 2. The normalized spacial score (nSPS) is 10.6. The smallest absolute Gasteiger partial charge is 0.255 e. The van der Waals surface area contributed by atoms with Gasteiger partial charge in [-0.05, 0) is 36.4 Å². The summed E-state index contributed by atoms with van der Waals surface area (Å²) in [7, 11) is 0. The van der Waals surface area contributed by atoms with E-state index < -0.39 is 11.6 Å². The van der Waals surface area contributed by atoms with E-state index in [-0.39, 0.29) is 5.91 Å². The summed E-state index contributed by atoms with van der Waals surface area (Å²) in [6, 6.07) is 15.8. The number of aromatic nitrogens is 2. The van der Waals surface area contributed by atoms with Gasteiger partial charge in [-0.2, -0.15) is 0 Å². The third kappa shape index (κ3) is 3.64. The summed E-state index contributed by atoms with van der Waals surface area (Å²) in [6.45, 7) is 0. The van der Waals surface area contributed by atoms with Gasteiger partial charge in [0.05, 0.1) is 11.2 Å². The number of nitrogens with zero attached hydrogens (tertiary/aromatic N) is 2. The molecule has 4 aromatic rings. The Morgan fingerprint density at radius 1 is 0.857 bits per heavy atom. The molecule has 0 atom stereocenters. The fourth-order valence-electron chi connectivity index (χ4n) is 2.76. The Balaban J connectivity index is 1.56. The average Bonchev–Trinajstić information content (AvgIpc) is 2.71. The minimum absolute atomic E-state index is 0.321. The summed E-state index contributed by atoms with van der Waals surface area (Å²) < 4.78 is 26.4. The van der Waals surface area contributed by atoms with Gasteiger partial charge in [-0.25, -0.2) is 13.8 Å². The SMILES string of the molecule is O=C(Nc1cccc2cccnc12)c1ccnc(Nc2ccc(F)c(F)c2)c1. The fraction of sp³-hybridized carbons (Fsp3) is 0. The van der Waals surface area contributed by atoms with Crippen LogP contribution in [-0.4, -0.2) is 15.9 Å². The minimum Gasteiger partial charge on any atom is -0.340 e. The maximum atomic E-state index is 13.4. The van der Waals surface area contributed by atoms with Crippen LogP contribution in [-0.2, 0) is 0 Å². The average molecular weight is 376 g/mol. The van der Waals surface area contributed by atoms with Gasteiger partial charge >= 0.3 is 0 Å². The first-order valence-corrected chi connectivity index (χ1v) is 8.43. The van der Waals surface area contributed by atoms with Crippen LogP contribution in [0.4, 0.5) is 26.0 Å². The number of carbonyl (C=O) groups is 1. The Kier molecular flexibility index (Phi) is 4.63. The lowest BCUT2D eigenvalue weighted by atomic mass is 10.1.